The van der Waals surface area contributed by atoms with Crippen LogP contribution in [0.4, 0.5) is 4.79 Å². The molecule has 0 bridgehead atoms. The van der Waals surface area contributed by atoms with Crippen LogP contribution in [0, 0.1) is 5.92 Å². The maximum atomic E-state index is 14.4. The Morgan fingerprint density at radius 2 is 1.67 bits per heavy atom. The second-order valence-corrected chi connectivity index (χ2v) is 11.8. The number of hydrogen-bond acceptors (Lipinski definition) is 6. The van der Waals surface area contributed by atoms with Gasteiger partial charge in [-0.15, -0.1) is 0 Å². The summed E-state index contributed by atoms with van der Waals surface area (Å²) in [5.74, 6) is -0.00268. The number of amides is 4. The average molecular weight is 623 g/mol. The summed E-state index contributed by atoms with van der Waals surface area (Å²) in [7, 11) is 1.63. The van der Waals surface area contributed by atoms with Gasteiger partial charge in [-0.3, -0.25) is 19.3 Å². The number of carbonyl (C=O) groups excluding carboxylic acids is 4. The number of esters is 1. The molecular weight excluding hydrogens is 584 g/mol. The van der Waals surface area contributed by atoms with Gasteiger partial charge in [0.25, 0.3) is 5.91 Å². The summed E-state index contributed by atoms with van der Waals surface area (Å²) in [6.45, 7) is 2.89. The monoisotopic (exact) mass is 622 g/mol. The molecule has 0 aliphatic carbocycles. The Morgan fingerprint density at radius 3 is 2.41 bits per heavy atom. The number of likely N-dealkylation sites (N-methyl/N-ethyl adjacent to an activating group) is 1. The van der Waals surface area contributed by atoms with Gasteiger partial charge in [0, 0.05) is 26.6 Å². The lowest BCUT2D eigenvalue weighted by Crippen LogP contribution is -2.54. The molecular formula is C36H38N4O6. The lowest BCUT2D eigenvalue weighted by atomic mass is 9.95. The van der Waals surface area contributed by atoms with Crippen LogP contribution >= 0.6 is 0 Å². The fourth-order valence-corrected chi connectivity index (χ4v) is 6.48. The number of ether oxygens (including phenoxy) is 2. The minimum absolute atomic E-state index is 0.104. The molecule has 0 saturated carbocycles. The van der Waals surface area contributed by atoms with E-state index in [2.05, 4.69) is 5.32 Å². The van der Waals surface area contributed by atoms with Crippen molar-refractivity contribution in [1.82, 2.24) is 20.0 Å². The zero-order valence-electron chi connectivity index (χ0n) is 26.1. The molecule has 0 aromatic heterocycles. The Kier molecular flexibility index (Phi) is 9.05. The third kappa shape index (κ3) is 6.33. The number of piperidine rings is 1. The topological polar surface area (TPSA) is 108 Å². The summed E-state index contributed by atoms with van der Waals surface area (Å²) in [5, 5.41) is 2.99. The van der Waals surface area contributed by atoms with Crippen LogP contribution in [0.5, 0.6) is 11.5 Å². The number of benzene rings is 3. The summed E-state index contributed by atoms with van der Waals surface area (Å²) in [6.07, 6.45) is 1.61. The predicted octanol–water partition coefficient (Wildman–Crippen LogP) is 4.68. The average Bonchev–Trinajstić information content (AvgIpc) is 3.43. The van der Waals surface area contributed by atoms with Gasteiger partial charge in [0.2, 0.25) is 5.91 Å². The van der Waals surface area contributed by atoms with Crippen LogP contribution in [0.2, 0.25) is 0 Å². The molecule has 1 fully saturated rings. The van der Waals surface area contributed by atoms with Crippen LogP contribution in [0.25, 0.3) is 0 Å². The highest BCUT2D eigenvalue weighted by Crippen LogP contribution is 2.38. The zero-order chi connectivity index (χ0) is 32.2. The van der Waals surface area contributed by atoms with Gasteiger partial charge in [-0.05, 0) is 55.2 Å². The van der Waals surface area contributed by atoms with Gasteiger partial charge in [-0.1, -0.05) is 60.7 Å². The number of nitrogens with zero attached hydrogens (tertiary/aromatic N) is 3. The molecule has 0 unspecified atom stereocenters. The standard InChI is InChI=1S/C36H38N4O6/c1-3-45-35(43)26-15-11-19-39(22-26)33(41)29(20-24-12-6-4-7-13-24)40-23-30-31(34(40)42)32(37-36(44)38(30)2)25-14-10-18-28(21-25)46-27-16-8-5-9-17-27/h4-10,12-14,16-18,21,26,29,32H,3,11,15,19-20,22-23H2,1-2H3,(H,37,44)/t26-,29-,32+/m1/s1. The van der Waals surface area contributed by atoms with Crippen LogP contribution in [-0.4, -0.2) is 77.8 Å². The molecule has 0 spiro atoms. The molecule has 6 rings (SSSR count). The molecule has 3 aliphatic rings. The number of urea groups is 1. The molecule has 4 amide bonds. The summed E-state index contributed by atoms with van der Waals surface area (Å²) < 4.78 is 11.3. The van der Waals surface area contributed by atoms with E-state index in [0.29, 0.717) is 54.1 Å². The number of likely N-dealkylation sites (tertiary alicyclic amines) is 1. The van der Waals surface area contributed by atoms with Crippen LogP contribution in [0.3, 0.4) is 0 Å². The molecule has 46 heavy (non-hydrogen) atoms. The van der Waals surface area contributed by atoms with E-state index in [9.17, 15) is 19.2 Å². The fourth-order valence-electron chi connectivity index (χ4n) is 6.48. The van der Waals surface area contributed by atoms with Crippen molar-refractivity contribution in [1.29, 1.82) is 0 Å². The molecule has 1 N–H and O–H groups in total. The van der Waals surface area contributed by atoms with Crippen molar-refractivity contribution in [3.05, 3.63) is 107 Å². The first-order chi connectivity index (χ1) is 22.3. The SMILES string of the molecule is CCOC(=O)[C@@H]1CCCN(C(=O)[C@@H](Cc2ccccc2)N2CC3=C(C2=O)[C@H](c2cccc(Oc4ccccc4)c2)NC(=O)N3C)C1. The number of rotatable bonds is 9. The van der Waals surface area contributed by atoms with Gasteiger partial charge < -0.3 is 24.6 Å². The molecule has 3 heterocycles. The first-order valence-corrected chi connectivity index (χ1v) is 15.7. The summed E-state index contributed by atoms with van der Waals surface area (Å²) in [6, 6.07) is 24.4. The Hall–Kier alpha value is -5.12. The molecule has 10 nitrogen and oxygen atoms in total. The van der Waals surface area contributed by atoms with E-state index in [1.807, 2.05) is 84.9 Å². The smallest absolute Gasteiger partial charge is 0.322 e. The molecule has 3 aromatic rings. The zero-order valence-corrected chi connectivity index (χ0v) is 26.1. The third-order valence-corrected chi connectivity index (χ3v) is 8.84. The Morgan fingerprint density at radius 1 is 0.957 bits per heavy atom. The largest absolute Gasteiger partial charge is 0.466 e. The molecule has 3 aliphatic heterocycles. The Labute approximate surface area is 268 Å². The third-order valence-electron chi connectivity index (χ3n) is 8.84. The highest BCUT2D eigenvalue weighted by molar-refractivity contribution is 6.03. The Bertz CT molecular complexity index is 1640. The molecule has 10 heteroatoms. The predicted molar refractivity (Wildman–Crippen MR) is 171 cm³/mol. The second-order valence-electron chi connectivity index (χ2n) is 11.8. The first kappa shape index (κ1) is 30.9. The normalized spacial score (nSPS) is 20.3. The van der Waals surface area contributed by atoms with Crippen molar-refractivity contribution in [2.24, 2.45) is 5.92 Å². The number of hydrogen-bond donors (Lipinski definition) is 1. The second kappa shape index (κ2) is 13.5. The lowest BCUT2D eigenvalue weighted by molar-refractivity contribution is -0.153. The van der Waals surface area contributed by atoms with E-state index in [-0.39, 0.29) is 43.5 Å². The highest BCUT2D eigenvalue weighted by Gasteiger charge is 2.47. The van der Waals surface area contributed by atoms with Gasteiger partial charge in [0.15, 0.2) is 0 Å². The van der Waals surface area contributed by atoms with Crippen LogP contribution < -0.4 is 10.1 Å². The Balaban J connectivity index is 1.30. The van der Waals surface area contributed by atoms with Gasteiger partial charge >= 0.3 is 12.0 Å². The number of nitrogens with one attached hydrogen (secondary N) is 1. The molecule has 3 aromatic carbocycles. The van der Waals surface area contributed by atoms with E-state index < -0.39 is 18.0 Å². The van der Waals surface area contributed by atoms with Crippen molar-refractivity contribution in [2.45, 2.75) is 38.3 Å². The summed E-state index contributed by atoms with van der Waals surface area (Å²) in [5.41, 5.74) is 2.58. The van der Waals surface area contributed by atoms with Crippen LogP contribution in [-0.2, 0) is 25.5 Å². The number of carbonyl (C=O) groups is 4. The molecule has 1 saturated heterocycles. The van der Waals surface area contributed by atoms with Gasteiger partial charge in [0.1, 0.15) is 17.5 Å². The van der Waals surface area contributed by atoms with E-state index in [0.717, 1.165) is 5.56 Å². The van der Waals surface area contributed by atoms with Crippen LogP contribution in [0.15, 0.2) is 96.2 Å². The fraction of sp³-hybridized carbons (Fsp3) is 0.333. The van der Waals surface area contributed by atoms with E-state index in [1.54, 1.807) is 23.8 Å². The minimum atomic E-state index is -0.835. The van der Waals surface area contributed by atoms with Crippen molar-refractivity contribution in [2.75, 3.05) is 33.3 Å². The van der Waals surface area contributed by atoms with Gasteiger partial charge in [0.05, 0.1) is 36.4 Å². The molecule has 3 atom stereocenters. The van der Waals surface area contributed by atoms with Crippen molar-refractivity contribution in [3.8, 4) is 11.5 Å². The van der Waals surface area contributed by atoms with E-state index in [1.165, 1.54) is 4.90 Å². The maximum absolute atomic E-state index is 14.4. The highest BCUT2D eigenvalue weighted by atomic mass is 16.5. The van der Waals surface area contributed by atoms with E-state index >= 15 is 0 Å². The van der Waals surface area contributed by atoms with Crippen molar-refractivity contribution >= 4 is 23.8 Å². The van der Waals surface area contributed by atoms with Gasteiger partial charge in [-0.25, -0.2) is 4.79 Å². The maximum Gasteiger partial charge on any atom is 0.322 e. The summed E-state index contributed by atoms with van der Waals surface area (Å²) >= 11 is 0. The van der Waals surface area contributed by atoms with Crippen molar-refractivity contribution in [3.63, 3.8) is 0 Å². The van der Waals surface area contributed by atoms with Crippen LogP contribution in [0.1, 0.15) is 36.9 Å². The van der Waals surface area contributed by atoms with Gasteiger partial charge in [-0.2, -0.15) is 0 Å². The lowest BCUT2D eigenvalue weighted by Gasteiger charge is -2.37. The summed E-state index contributed by atoms with van der Waals surface area (Å²) in [4.78, 5) is 59.3. The minimum Gasteiger partial charge on any atom is -0.466 e. The number of para-hydroxylation sites is 1. The first-order valence-electron chi connectivity index (χ1n) is 15.7. The van der Waals surface area contributed by atoms with Crippen molar-refractivity contribution < 1.29 is 28.7 Å². The quantitative estimate of drug-likeness (QED) is 0.347. The molecule has 0 radical (unpaired) electrons. The molecule has 238 valence electrons. The van der Waals surface area contributed by atoms with E-state index in [4.69, 9.17) is 9.47 Å².